The van der Waals surface area contributed by atoms with Crippen LogP contribution in [0.4, 0.5) is 11.4 Å². The summed E-state index contributed by atoms with van der Waals surface area (Å²) in [5.41, 5.74) is 1.18. The van der Waals surface area contributed by atoms with Crippen molar-refractivity contribution in [1.82, 2.24) is 4.90 Å². The van der Waals surface area contributed by atoms with Gasteiger partial charge in [-0.15, -0.1) is 0 Å². The maximum Gasteiger partial charge on any atom is 0.282 e. The van der Waals surface area contributed by atoms with Gasteiger partial charge in [0.25, 0.3) is 17.5 Å². The molecule has 2 unspecified atom stereocenters. The van der Waals surface area contributed by atoms with Gasteiger partial charge >= 0.3 is 0 Å². The second-order valence-electron chi connectivity index (χ2n) is 8.04. The van der Waals surface area contributed by atoms with Gasteiger partial charge in [-0.1, -0.05) is 12.1 Å². The van der Waals surface area contributed by atoms with Gasteiger partial charge < -0.3 is 14.4 Å². The maximum absolute atomic E-state index is 13.7. The van der Waals surface area contributed by atoms with Crippen LogP contribution in [-0.2, 0) is 14.3 Å². The van der Waals surface area contributed by atoms with Gasteiger partial charge in [0.05, 0.1) is 35.0 Å². The van der Waals surface area contributed by atoms with Crippen molar-refractivity contribution in [1.29, 1.82) is 0 Å². The Morgan fingerprint density at radius 3 is 2.27 bits per heavy atom. The van der Waals surface area contributed by atoms with Crippen molar-refractivity contribution in [3.05, 3.63) is 69.9 Å². The highest BCUT2D eigenvalue weighted by atomic mass is 16.6. The molecule has 33 heavy (non-hydrogen) atoms. The number of imide groups is 1. The number of carbonyl (C=O) groups excluding carboxylic acids is 2. The molecule has 1 fully saturated rings. The van der Waals surface area contributed by atoms with Gasteiger partial charge in [-0.05, 0) is 50.6 Å². The fourth-order valence-corrected chi connectivity index (χ4v) is 4.32. The molecule has 2 aliphatic heterocycles. The summed E-state index contributed by atoms with van der Waals surface area (Å²) in [6, 6.07) is 12.6. The van der Waals surface area contributed by atoms with Gasteiger partial charge in [0.1, 0.15) is 11.4 Å². The zero-order valence-electron chi connectivity index (χ0n) is 18.7. The molecule has 2 heterocycles. The second-order valence-corrected chi connectivity index (χ2v) is 8.04. The number of nitro benzene ring substituents is 1. The molecule has 0 bridgehead atoms. The first kappa shape index (κ1) is 22.5. The lowest BCUT2D eigenvalue weighted by Gasteiger charge is -2.37. The van der Waals surface area contributed by atoms with E-state index in [0.29, 0.717) is 36.7 Å². The summed E-state index contributed by atoms with van der Waals surface area (Å²) in [4.78, 5) is 41.0. The monoisotopic (exact) mass is 451 g/mol. The van der Waals surface area contributed by atoms with Crippen molar-refractivity contribution >= 4 is 28.8 Å². The number of benzene rings is 2. The number of non-ortho nitro benzene ring substituents is 1. The minimum absolute atomic E-state index is 0.0927. The maximum atomic E-state index is 13.7. The standard InChI is InChI=1S/C24H25N3O6/c1-4-32-20-8-6-5-7-19(20)26-23(28)21(17-9-11-18(12-10-17)27(30)31)22(24(26)29)25-13-15(2)33-16(3)14-25/h5-12,15-16H,4,13-14H2,1-3H3. The smallest absolute Gasteiger partial charge is 0.282 e. The summed E-state index contributed by atoms with van der Waals surface area (Å²) in [7, 11) is 0. The predicted octanol–water partition coefficient (Wildman–Crippen LogP) is 3.39. The van der Waals surface area contributed by atoms with E-state index < -0.39 is 16.7 Å². The molecule has 2 aromatic carbocycles. The number of ether oxygens (including phenoxy) is 2. The van der Waals surface area contributed by atoms with Crippen LogP contribution in [0.1, 0.15) is 26.3 Å². The van der Waals surface area contributed by atoms with Gasteiger partial charge in [0.2, 0.25) is 0 Å². The molecule has 9 nitrogen and oxygen atoms in total. The van der Waals surface area contributed by atoms with E-state index in [0.717, 1.165) is 4.90 Å². The first-order chi connectivity index (χ1) is 15.8. The molecule has 1 saturated heterocycles. The number of nitrogens with zero attached hydrogens (tertiary/aromatic N) is 3. The van der Waals surface area contributed by atoms with Crippen LogP contribution in [0.15, 0.2) is 54.2 Å². The van der Waals surface area contributed by atoms with Crippen molar-refractivity contribution in [3.8, 4) is 5.75 Å². The van der Waals surface area contributed by atoms with Crippen LogP contribution >= 0.6 is 0 Å². The Bertz CT molecular complexity index is 1120. The van der Waals surface area contributed by atoms with E-state index in [2.05, 4.69) is 0 Å². The molecule has 0 aliphatic carbocycles. The average molecular weight is 451 g/mol. The summed E-state index contributed by atoms with van der Waals surface area (Å²) in [6.45, 7) is 6.91. The quantitative estimate of drug-likeness (QED) is 0.377. The number of rotatable bonds is 6. The third kappa shape index (κ3) is 4.19. The Kier molecular flexibility index (Phi) is 6.15. The Labute approximate surface area is 191 Å². The highest BCUT2D eigenvalue weighted by molar-refractivity contribution is 6.45. The molecule has 172 valence electrons. The summed E-state index contributed by atoms with van der Waals surface area (Å²) in [5.74, 6) is -0.528. The summed E-state index contributed by atoms with van der Waals surface area (Å²) >= 11 is 0. The number of hydrogen-bond donors (Lipinski definition) is 0. The Morgan fingerprint density at radius 1 is 1.03 bits per heavy atom. The van der Waals surface area contributed by atoms with E-state index in [1.807, 2.05) is 25.7 Å². The molecule has 4 rings (SSSR count). The molecule has 0 aromatic heterocycles. The van der Waals surface area contributed by atoms with Crippen molar-refractivity contribution < 1.29 is 24.0 Å². The van der Waals surface area contributed by atoms with E-state index in [-0.39, 0.29) is 29.2 Å². The first-order valence-electron chi connectivity index (χ1n) is 10.8. The van der Waals surface area contributed by atoms with Crippen LogP contribution in [0.25, 0.3) is 5.57 Å². The van der Waals surface area contributed by atoms with Gasteiger partial charge in [0, 0.05) is 25.2 Å². The molecular formula is C24H25N3O6. The Balaban J connectivity index is 1.84. The Morgan fingerprint density at radius 2 is 1.67 bits per heavy atom. The summed E-state index contributed by atoms with van der Waals surface area (Å²) < 4.78 is 11.5. The number of nitro groups is 1. The number of carbonyl (C=O) groups is 2. The van der Waals surface area contributed by atoms with Gasteiger partial charge in [-0.25, -0.2) is 4.90 Å². The minimum Gasteiger partial charge on any atom is -0.492 e. The lowest BCUT2D eigenvalue weighted by molar-refractivity contribution is -0.384. The lowest BCUT2D eigenvalue weighted by atomic mass is 10.0. The minimum atomic E-state index is -0.503. The van der Waals surface area contributed by atoms with Crippen LogP contribution in [0, 0.1) is 10.1 Å². The molecule has 0 spiro atoms. The van der Waals surface area contributed by atoms with Crippen molar-refractivity contribution in [2.24, 2.45) is 0 Å². The fourth-order valence-electron chi connectivity index (χ4n) is 4.32. The van der Waals surface area contributed by atoms with Gasteiger partial charge in [0.15, 0.2) is 0 Å². The zero-order valence-corrected chi connectivity index (χ0v) is 18.7. The second kappa shape index (κ2) is 9.03. The third-order valence-corrected chi connectivity index (χ3v) is 5.57. The first-order valence-corrected chi connectivity index (χ1v) is 10.8. The molecule has 2 amide bonds. The number of anilines is 1. The van der Waals surface area contributed by atoms with Crippen LogP contribution < -0.4 is 9.64 Å². The van der Waals surface area contributed by atoms with E-state index in [4.69, 9.17) is 9.47 Å². The number of amides is 2. The molecule has 0 radical (unpaired) electrons. The zero-order chi connectivity index (χ0) is 23.7. The SMILES string of the molecule is CCOc1ccccc1N1C(=O)C(c2ccc([N+](=O)[O-])cc2)=C(N2CC(C)OC(C)C2)C1=O. The Hall–Kier alpha value is -3.72. The fraction of sp³-hybridized carbons (Fsp3) is 0.333. The van der Waals surface area contributed by atoms with Gasteiger partial charge in [-0.2, -0.15) is 0 Å². The highest BCUT2D eigenvalue weighted by Crippen LogP contribution is 2.39. The average Bonchev–Trinajstić information content (AvgIpc) is 3.04. The predicted molar refractivity (Wildman–Crippen MR) is 122 cm³/mol. The van der Waals surface area contributed by atoms with Crippen molar-refractivity contribution in [2.45, 2.75) is 33.0 Å². The van der Waals surface area contributed by atoms with E-state index in [9.17, 15) is 19.7 Å². The molecule has 2 aliphatic rings. The van der Waals surface area contributed by atoms with E-state index >= 15 is 0 Å². The van der Waals surface area contributed by atoms with Crippen molar-refractivity contribution in [3.63, 3.8) is 0 Å². The molecular weight excluding hydrogens is 426 g/mol. The topological polar surface area (TPSA) is 102 Å². The molecule has 0 N–H and O–H groups in total. The number of hydrogen-bond acceptors (Lipinski definition) is 7. The van der Waals surface area contributed by atoms with E-state index in [1.165, 1.54) is 24.3 Å². The molecule has 9 heteroatoms. The molecule has 2 atom stereocenters. The van der Waals surface area contributed by atoms with Crippen LogP contribution in [-0.4, -0.2) is 53.5 Å². The number of morpholine rings is 1. The van der Waals surface area contributed by atoms with Crippen molar-refractivity contribution in [2.75, 3.05) is 24.6 Å². The van der Waals surface area contributed by atoms with Gasteiger partial charge in [-0.3, -0.25) is 19.7 Å². The molecule has 2 aromatic rings. The van der Waals surface area contributed by atoms with Crippen LogP contribution in [0.2, 0.25) is 0 Å². The van der Waals surface area contributed by atoms with Crippen LogP contribution in [0.3, 0.4) is 0 Å². The lowest BCUT2D eigenvalue weighted by Crippen LogP contribution is -2.47. The number of para-hydroxylation sites is 2. The highest BCUT2D eigenvalue weighted by Gasteiger charge is 2.44. The molecule has 0 saturated carbocycles. The van der Waals surface area contributed by atoms with E-state index in [1.54, 1.807) is 24.3 Å². The summed E-state index contributed by atoms with van der Waals surface area (Å²) in [6.07, 6.45) is -0.265. The largest absolute Gasteiger partial charge is 0.492 e. The third-order valence-electron chi connectivity index (χ3n) is 5.57. The normalized spacial score (nSPS) is 21.1. The van der Waals surface area contributed by atoms with Crippen LogP contribution in [0.5, 0.6) is 5.75 Å². The summed E-state index contributed by atoms with van der Waals surface area (Å²) in [5, 5.41) is 11.1.